The number of rotatable bonds is 3. The van der Waals surface area contributed by atoms with Gasteiger partial charge in [0, 0.05) is 37.8 Å². The van der Waals surface area contributed by atoms with E-state index in [0.29, 0.717) is 31.2 Å². The first-order valence-corrected chi connectivity index (χ1v) is 11.2. The summed E-state index contributed by atoms with van der Waals surface area (Å²) in [4.78, 5) is 15.2. The van der Waals surface area contributed by atoms with Crippen molar-refractivity contribution in [2.75, 3.05) is 19.6 Å². The maximum atomic E-state index is 13.1. The van der Waals surface area contributed by atoms with Crippen LogP contribution in [0.4, 0.5) is 0 Å². The van der Waals surface area contributed by atoms with Crippen molar-refractivity contribution in [2.24, 2.45) is 10.8 Å². The summed E-state index contributed by atoms with van der Waals surface area (Å²) in [7, 11) is -3.34. The first-order chi connectivity index (χ1) is 12.6. The van der Waals surface area contributed by atoms with E-state index in [1.807, 2.05) is 24.3 Å². The van der Waals surface area contributed by atoms with Gasteiger partial charge in [-0.15, -0.1) is 0 Å². The molecule has 2 aliphatic heterocycles. The van der Waals surface area contributed by atoms with E-state index in [4.69, 9.17) is 0 Å². The number of likely N-dealkylation sites (tertiary alicyclic amines) is 1. The zero-order valence-electron chi connectivity index (χ0n) is 16.4. The summed E-state index contributed by atoms with van der Waals surface area (Å²) in [5, 5.41) is 0. The maximum absolute atomic E-state index is 13.1. The van der Waals surface area contributed by atoms with Crippen molar-refractivity contribution >= 4 is 16.1 Å². The van der Waals surface area contributed by atoms with Gasteiger partial charge in [0.1, 0.15) is 0 Å². The lowest BCUT2D eigenvalue weighted by Gasteiger charge is -2.39. The van der Waals surface area contributed by atoms with E-state index in [0.717, 1.165) is 31.4 Å². The minimum Gasteiger partial charge on any atom is -0.335 e. The first-order valence-electron chi connectivity index (χ1n) is 9.72. The van der Waals surface area contributed by atoms with Gasteiger partial charge in [0.05, 0.1) is 0 Å². The summed E-state index contributed by atoms with van der Waals surface area (Å²) in [6.07, 6.45) is 3.32. The molecule has 1 aromatic carbocycles. The van der Waals surface area contributed by atoms with Crippen molar-refractivity contribution < 1.29 is 13.2 Å². The van der Waals surface area contributed by atoms with Gasteiger partial charge in [-0.3, -0.25) is 4.79 Å². The van der Waals surface area contributed by atoms with Crippen LogP contribution in [0.3, 0.4) is 0 Å². The second-order valence-corrected chi connectivity index (χ2v) is 11.3. The molecule has 1 aromatic rings. The minimum absolute atomic E-state index is 0.100. The maximum Gasteiger partial charge on any atom is 0.279 e. The van der Waals surface area contributed by atoms with Gasteiger partial charge in [0.15, 0.2) is 0 Å². The van der Waals surface area contributed by atoms with Crippen molar-refractivity contribution in [1.82, 2.24) is 13.9 Å². The van der Waals surface area contributed by atoms with Crippen LogP contribution in [-0.4, -0.2) is 49.2 Å². The molecule has 6 nitrogen and oxygen atoms in total. The van der Waals surface area contributed by atoms with Gasteiger partial charge in [0.2, 0.25) is 0 Å². The van der Waals surface area contributed by atoms with Gasteiger partial charge in [-0.1, -0.05) is 32.9 Å². The summed E-state index contributed by atoms with van der Waals surface area (Å²) >= 11 is 0. The first kappa shape index (κ1) is 18.9. The lowest BCUT2D eigenvalue weighted by Crippen LogP contribution is -2.37. The molecular formula is C20H29N3O3S. The van der Waals surface area contributed by atoms with E-state index >= 15 is 0 Å². The Morgan fingerprint density at radius 2 is 1.89 bits per heavy atom. The van der Waals surface area contributed by atoms with Crippen LogP contribution < -0.4 is 4.72 Å². The Morgan fingerprint density at radius 3 is 2.52 bits per heavy atom. The zero-order chi connectivity index (χ0) is 19.4. The predicted molar refractivity (Wildman–Crippen MR) is 104 cm³/mol. The lowest BCUT2D eigenvalue weighted by atomic mass is 9.65. The summed E-state index contributed by atoms with van der Waals surface area (Å²) in [6.45, 7) is 9.02. The number of nitrogens with zero attached hydrogens (tertiary/aromatic N) is 2. The van der Waals surface area contributed by atoms with Crippen molar-refractivity contribution in [3.05, 3.63) is 35.4 Å². The lowest BCUT2D eigenvalue weighted by molar-refractivity contribution is 0.0708. The van der Waals surface area contributed by atoms with Crippen molar-refractivity contribution in [3.8, 4) is 0 Å². The number of carbonyl (C=O) groups is 1. The Bertz CT molecular complexity index is 850. The molecule has 2 saturated heterocycles. The summed E-state index contributed by atoms with van der Waals surface area (Å²) in [5.41, 5.74) is 2.09. The van der Waals surface area contributed by atoms with E-state index in [1.54, 1.807) is 0 Å². The Labute approximate surface area is 162 Å². The SMILES string of the molecule is CC1(C)CC2CC(C)(CN2C(=O)c2ccc(CN3CCNS3(=O)=O)cc2)C1. The van der Waals surface area contributed by atoms with E-state index in [9.17, 15) is 13.2 Å². The average molecular weight is 392 g/mol. The topological polar surface area (TPSA) is 69.7 Å². The van der Waals surface area contributed by atoms with Gasteiger partial charge in [-0.2, -0.15) is 12.7 Å². The third kappa shape index (κ3) is 3.65. The number of hydrogen-bond donors (Lipinski definition) is 1. The molecule has 4 rings (SSSR count). The highest BCUT2D eigenvalue weighted by Crippen LogP contribution is 2.52. The van der Waals surface area contributed by atoms with Gasteiger partial charge in [-0.25, -0.2) is 4.72 Å². The van der Waals surface area contributed by atoms with E-state index in [1.165, 1.54) is 4.31 Å². The molecule has 148 valence electrons. The van der Waals surface area contributed by atoms with Crippen molar-refractivity contribution in [2.45, 2.75) is 52.6 Å². The largest absolute Gasteiger partial charge is 0.335 e. The van der Waals surface area contributed by atoms with E-state index in [-0.39, 0.29) is 16.7 Å². The molecule has 27 heavy (non-hydrogen) atoms. The number of amides is 1. The van der Waals surface area contributed by atoms with Crippen LogP contribution in [0.2, 0.25) is 0 Å². The molecule has 1 amide bonds. The molecule has 3 aliphatic rings. The molecule has 0 aromatic heterocycles. The molecule has 7 heteroatoms. The molecule has 2 heterocycles. The van der Waals surface area contributed by atoms with E-state index < -0.39 is 10.2 Å². The van der Waals surface area contributed by atoms with Gasteiger partial charge >= 0.3 is 0 Å². The number of hydrogen-bond acceptors (Lipinski definition) is 3. The minimum atomic E-state index is -3.34. The summed E-state index contributed by atoms with van der Waals surface area (Å²) in [5.74, 6) is 0.100. The zero-order valence-corrected chi connectivity index (χ0v) is 17.2. The van der Waals surface area contributed by atoms with Crippen molar-refractivity contribution in [1.29, 1.82) is 0 Å². The number of fused-ring (bicyclic) bond motifs is 2. The smallest absolute Gasteiger partial charge is 0.279 e. The third-order valence-corrected chi connectivity index (χ3v) is 7.78. The highest BCUT2D eigenvalue weighted by Gasteiger charge is 2.51. The second-order valence-electron chi connectivity index (χ2n) is 9.58. The van der Waals surface area contributed by atoms with Gasteiger partial charge < -0.3 is 4.90 Å². The molecule has 1 saturated carbocycles. The fraction of sp³-hybridized carbons (Fsp3) is 0.650. The summed E-state index contributed by atoms with van der Waals surface area (Å²) < 4.78 is 27.6. The highest BCUT2D eigenvalue weighted by molar-refractivity contribution is 7.87. The molecule has 2 atom stereocenters. The Kier molecular flexibility index (Phi) is 4.40. The Balaban J connectivity index is 1.47. The molecular weight excluding hydrogens is 362 g/mol. The number of nitrogens with one attached hydrogen (secondary N) is 1. The Morgan fingerprint density at radius 1 is 1.19 bits per heavy atom. The van der Waals surface area contributed by atoms with Crippen LogP contribution >= 0.6 is 0 Å². The average Bonchev–Trinajstić information content (AvgIpc) is 3.02. The van der Waals surface area contributed by atoms with Crippen LogP contribution in [0, 0.1) is 10.8 Å². The predicted octanol–water partition coefficient (Wildman–Crippen LogP) is 2.38. The monoisotopic (exact) mass is 391 g/mol. The van der Waals surface area contributed by atoms with Crippen LogP contribution in [-0.2, 0) is 16.8 Å². The van der Waals surface area contributed by atoms with Crippen LogP contribution in [0.15, 0.2) is 24.3 Å². The van der Waals surface area contributed by atoms with E-state index in [2.05, 4.69) is 30.4 Å². The third-order valence-electron chi connectivity index (χ3n) is 6.22. The molecule has 3 fully saturated rings. The van der Waals surface area contributed by atoms with Gasteiger partial charge in [0.25, 0.3) is 16.1 Å². The second kappa shape index (κ2) is 6.29. The molecule has 1 N–H and O–H groups in total. The van der Waals surface area contributed by atoms with Crippen molar-refractivity contribution in [3.63, 3.8) is 0 Å². The number of carbonyl (C=O) groups excluding carboxylic acids is 1. The molecule has 1 aliphatic carbocycles. The van der Waals surface area contributed by atoms with Crippen LogP contribution in [0.5, 0.6) is 0 Å². The van der Waals surface area contributed by atoms with Gasteiger partial charge in [-0.05, 0) is 47.8 Å². The fourth-order valence-electron chi connectivity index (χ4n) is 5.49. The highest BCUT2D eigenvalue weighted by atomic mass is 32.2. The summed E-state index contributed by atoms with van der Waals surface area (Å²) in [6, 6.07) is 7.74. The molecule has 0 radical (unpaired) electrons. The van der Waals surface area contributed by atoms with Crippen LogP contribution in [0.1, 0.15) is 56.0 Å². The Hall–Kier alpha value is -1.44. The molecule has 2 unspecified atom stereocenters. The molecule has 2 bridgehead atoms. The normalized spacial score (nSPS) is 32.0. The number of benzene rings is 1. The molecule has 0 spiro atoms. The fourth-order valence-corrected chi connectivity index (χ4v) is 6.68. The van der Waals surface area contributed by atoms with Crippen LogP contribution in [0.25, 0.3) is 0 Å². The quantitative estimate of drug-likeness (QED) is 0.860. The standard InChI is InChI=1S/C20H29N3O3S/c1-19(2)10-17-11-20(3,13-19)14-23(17)18(24)16-6-4-15(5-7-16)12-22-9-8-21-27(22,25)26/h4-7,17,21H,8-14H2,1-3H3.